The number of hydrogen-bond donors (Lipinski definition) is 0. The predicted octanol–water partition coefficient (Wildman–Crippen LogP) is 2.86. The van der Waals surface area contributed by atoms with E-state index in [9.17, 15) is 4.79 Å². The summed E-state index contributed by atoms with van der Waals surface area (Å²) in [5.74, 6) is 3.75. The van der Waals surface area contributed by atoms with Gasteiger partial charge in [-0.3, -0.25) is 4.79 Å². The lowest BCUT2D eigenvalue weighted by molar-refractivity contribution is -0.119. The first-order chi connectivity index (χ1) is 7.33. The first kappa shape index (κ1) is 10.3. The number of hydrogen-bond acceptors (Lipinski definition) is 2. The van der Waals surface area contributed by atoms with E-state index in [1.165, 1.54) is 10.5 Å². The standard InChI is InChI=1S/C13H12OS/c1-2-3-7-12(14)11-9-15-13-8-5-4-6-10(11)13/h1,4-6,8,11H,3,7,9H2. The zero-order valence-electron chi connectivity index (χ0n) is 8.40. The van der Waals surface area contributed by atoms with E-state index in [1.54, 1.807) is 11.8 Å². The van der Waals surface area contributed by atoms with Gasteiger partial charge in [-0.2, -0.15) is 0 Å². The lowest BCUT2D eigenvalue weighted by Gasteiger charge is -2.07. The molecule has 0 aromatic heterocycles. The number of ketones is 1. The number of benzene rings is 1. The molecule has 0 N–H and O–H groups in total. The Morgan fingerprint density at radius 1 is 1.53 bits per heavy atom. The summed E-state index contributed by atoms with van der Waals surface area (Å²) in [5, 5.41) is 0. The Morgan fingerprint density at radius 3 is 3.13 bits per heavy atom. The van der Waals surface area contributed by atoms with Gasteiger partial charge in [0.15, 0.2) is 0 Å². The monoisotopic (exact) mass is 216 g/mol. The molecule has 2 heteroatoms. The molecule has 1 atom stereocenters. The lowest BCUT2D eigenvalue weighted by atomic mass is 9.94. The van der Waals surface area contributed by atoms with Crippen LogP contribution in [0.4, 0.5) is 0 Å². The van der Waals surface area contributed by atoms with Crippen LogP contribution in [0.2, 0.25) is 0 Å². The summed E-state index contributed by atoms with van der Waals surface area (Å²) in [4.78, 5) is 13.1. The van der Waals surface area contributed by atoms with Crippen LogP contribution in [0.1, 0.15) is 24.3 Å². The topological polar surface area (TPSA) is 17.1 Å². The smallest absolute Gasteiger partial charge is 0.142 e. The van der Waals surface area contributed by atoms with Crippen molar-refractivity contribution < 1.29 is 4.79 Å². The van der Waals surface area contributed by atoms with E-state index in [2.05, 4.69) is 12.0 Å². The van der Waals surface area contributed by atoms with Gasteiger partial charge in [-0.05, 0) is 11.6 Å². The molecule has 1 aliphatic heterocycles. The molecule has 1 aromatic carbocycles. The van der Waals surface area contributed by atoms with Crippen molar-refractivity contribution in [1.29, 1.82) is 0 Å². The van der Waals surface area contributed by atoms with Crippen LogP contribution in [0, 0.1) is 12.3 Å². The maximum atomic E-state index is 11.9. The summed E-state index contributed by atoms with van der Waals surface area (Å²) in [6.45, 7) is 0. The van der Waals surface area contributed by atoms with E-state index < -0.39 is 0 Å². The fourth-order valence-electron chi connectivity index (χ4n) is 1.80. The summed E-state index contributed by atoms with van der Waals surface area (Å²) in [6.07, 6.45) is 6.23. The van der Waals surface area contributed by atoms with E-state index in [0.29, 0.717) is 12.8 Å². The predicted molar refractivity (Wildman–Crippen MR) is 63.0 cm³/mol. The number of thioether (sulfide) groups is 1. The van der Waals surface area contributed by atoms with Gasteiger partial charge in [0.2, 0.25) is 0 Å². The van der Waals surface area contributed by atoms with Gasteiger partial charge in [0, 0.05) is 23.5 Å². The zero-order chi connectivity index (χ0) is 10.7. The molecule has 1 aromatic rings. The normalized spacial score (nSPS) is 18.2. The minimum atomic E-state index is 0.0690. The van der Waals surface area contributed by atoms with Crippen molar-refractivity contribution in [3.63, 3.8) is 0 Å². The van der Waals surface area contributed by atoms with Gasteiger partial charge in [-0.1, -0.05) is 18.2 Å². The van der Waals surface area contributed by atoms with E-state index in [4.69, 9.17) is 6.42 Å². The third-order valence-electron chi connectivity index (χ3n) is 2.60. The number of Topliss-reactive ketones (excluding diaryl/α,β-unsaturated/α-hetero) is 1. The molecule has 0 aliphatic carbocycles. The largest absolute Gasteiger partial charge is 0.299 e. The van der Waals surface area contributed by atoms with Crippen LogP contribution < -0.4 is 0 Å². The average Bonchev–Trinajstić information content (AvgIpc) is 2.69. The van der Waals surface area contributed by atoms with Crippen LogP contribution >= 0.6 is 11.8 Å². The molecule has 0 bridgehead atoms. The fourth-order valence-corrected chi connectivity index (χ4v) is 3.06. The second-order valence-electron chi connectivity index (χ2n) is 3.57. The highest BCUT2D eigenvalue weighted by Gasteiger charge is 2.27. The fraction of sp³-hybridized carbons (Fsp3) is 0.308. The van der Waals surface area contributed by atoms with Gasteiger partial charge in [-0.15, -0.1) is 24.1 Å². The second-order valence-corrected chi connectivity index (χ2v) is 4.63. The molecule has 0 saturated heterocycles. The molecule has 76 valence electrons. The maximum absolute atomic E-state index is 11.9. The highest BCUT2D eigenvalue weighted by Crippen LogP contribution is 2.40. The van der Waals surface area contributed by atoms with E-state index in [-0.39, 0.29) is 11.7 Å². The van der Waals surface area contributed by atoms with E-state index in [0.717, 1.165) is 5.75 Å². The van der Waals surface area contributed by atoms with Crippen molar-refractivity contribution in [1.82, 2.24) is 0 Å². The molecular weight excluding hydrogens is 204 g/mol. The van der Waals surface area contributed by atoms with Crippen molar-refractivity contribution in [2.75, 3.05) is 5.75 Å². The van der Waals surface area contributed by atoms with E-state index >= 15 is 0 Å². The second kappa shape index (κ2) is 4.55. The Bertz CT molecular complexity index is 417. The Morgan fingerprint density at radius 2 is 2.33 bits per heavy atom. The number of rotatable bonds is 3. The minimum Gasteiger partial charge on any atom is -0.299 e. The molecule has 1 heterocycles. The molecule has 0 amide bonds. The van der Waals surface area contributed by atoms with Crippen LogP contribution in [0.3, 0.4) is 0 Å². The Hall–Kier alpha value is -1.20. The van der Waals surface area contributed by atoms with Gasteiger partial charge in [-0.25, -0.2) is 0 Å². The molecule has 1 nitrogen and oxygen atoms in total. The summed E-state index contributed by atoms with van der Waals surface area (Å²) >= 11 is 1.77. The molecule has 0 radical (unpaired) electrons. The molecule has 0 saturated carbocycles. The highest BCUT2D eigenvalue weighted by molar-refractivity contribution is 7.99. The first-order valence-corrected chi connectivity index (χ1v) is 5.99. The van der Waals surface area contributed by atoms with Crippen molar-refractivity contribution >= 4 is 17.5 Å². The quantitative estimate of drug-likeness (QED) is 0.723. The summed E-state index contributed by atoms with van der Waals surface area (Å²) < 4.78 is 0. The molecule has 1 aliphatic rings. The van der Waals surface area contributed by atoms with Crippen molar-refractivity contribution in [2.45, 2.75) is 23.7 Å². The van der Waals surface area contributed by atoms with Gasteiger partial charge in [0.1, 0.15) is 5.78 Å². The van der Waals surface area contributed by atoms with Crippen LogP contribution in [0.15, 0.2) is 29.2 Å². The van der Waals surface area contributed by atoms with Crippen LogP contribution in [0.25, 0.3) is 0 Å². The molecule has 15 heavy (non-hydrogen) atoms. The molecule has 2 rings (SSSR count). The van der Waals surface area contributed by atoms with Crippen molar-refractivity contribution in [3.8, 4) is 12.3 Å². The van der Waals surface area contributed by atoms with Crippen molar-refractivity contribution in [3.05, 3.63) is 29.8 Å². The third kappa shape index (κ3) is 2.08. The Kier molecular flexibility index (Phi) is 3.13. The number of terminal acetylenes is 1. The molecular formula is C13H12OS. The molecule has 1 unspecified atom stereocenters. The lowest BCUT2D eigenvalue weighted by Crippen LogP contribution is -2.11. The Labute approximate surface area is 94.3 Å². The van der Waals surface area contributed by atoms with Gasteiger partial charge >= 0.3 is 0 Å². The maximum Gasteiger partial charge on any atom is 0.142 e. The minimum absolute atomic E-state index is 0.0690. The SMILES string of the molecule is C#CCCC(=O)C1CSc2ccccc21. The van der Waals surface area contributed by atoms with Crippen LogP contribution in [-0.4, -0.2) is 11.5 Å². The number of carbonyl (C=O) groups excluding carboxylic acids is 1. The third-order valence-corrected chi connectivity index (χ3v) is 3.79. The van der Waals surface area contributed by atoms with Gasteiger partial charge < -0.3 is 0 Å². The number of fused-ring (bicyclic) bond motifs is 1. The average molecular weight is 216 g/mol. The highest BCUT2D eigenvalue weighted by atomic mass is 32.2. The van der Waals surface area contributed by atoms with Gasteiger partial charge in [0.05, 0.1) is 5.92 Å². The van der Waals surface area contributed by atoms with Crippen molar-refractivity contribution in [2.24, 2.45) is 0 Å². The number of carbonyl (C=O) groups is 1. The summed E-state index contributed by atoms with van der Waals surface area (Å²) in [6, 6.07) is 8.13. The molecule has 0 fully saturated rings. The first-order valence-electron chi connectivity index (χ1n) is 5.01. The van der Waals surface area contributed by atoms with Crippen LogP contribution in [0.5, 0.6) is 0 Å². The Balaban J connectivity index is 2.14. The zero-order valence-corrected chi connectivity index (χ0v) is 9.22. The summed E-state index contributed by atoms with van der Waals surface area (Å²) in [5.41, 5.74) is 1.18. The molecule has 0 spiro atoms. The van der Waals surface area contributed by atoms with E-state index in [1.807, 2.05) is 18.2 Å². The van der Waals surface area contributed by atoms with Crippen LogP contribution in [-0.2, 0) is 4.79 Å². The summed E-state index contributed by atoms with van der Waals surface area (Å²) in [7, 11) is 0. The van der Waals surface area contributed by atoms with Gasteiger partial charge in [0.25, 0.3) is 0 Å².